The first-order valence-electron chi connectivity index (χ1n) is 11.6. The predicted octanol–water partition coefficient (Wildman–Crippen LogP) is 8.25. The van der Waals surface area contributed by atoms with E-state index < -0.39 is 58.3 Å². The van der Waals surface area contributed by atoms with Crippen LogP contribution in [0.4, 0.5) is 39.5 Å². The zero-order valence-electron chi connectivity index (χ0n) is 20.4. The molecule has 0 saturated heterocycles. The second-order valence-electron chi connectivity index (χ2n) is 9.32. The molecule has 1 aliphatic rings. The smallest absolute Gasteiger partial charge is 0.407 e. The monoisotopic (exact) mass is 572 g/mol. The number of aromatic amines is 1. The van der Waals surface area contributed by atoms with Gasteiger partial charge in [0.25, 0.3) is 0 Å². The summed E-state index contributed by atoms with van der Waals surface area (Å²) in [7, 11) is 0. The van der Waals surface area contributed by atoms with Gasteiger partial charge in [-0.2, -0.15) is 39.5 Å². The summed E-state index contributed by atoms with van der Waals surface area (Å²) in [4.78, 5) is 15.8. The number of benzene rings is 2. The summed E-state index contributed by atoms with van der Waals surface area (Å²) in [6.07, 6.45) is -13.6. The topological polar surface area (TPSA) is 50.9 Å². The van der Waals surface area contributed by atoms with Crippen LogP contribution >= 0.6 is 0 Å². The number of oxazole rings is 1. The average molecular weight is 572 g/mol. The van der Waals surface area contributed by atoms with E-state index in [2.05, 4.69) is 4.98 Å². The van der Waals surface area contributed by atoms with Gasteiger partial charge in [0.15, 0.2) is 5.76 Å². The first kappa shape index (κ1) is 27.4. The summed E-state index contributed by atoms with van der Waals surface area (Å²) in [5.74, 6) is -1.76. The zero-order chi connectivity index (χ0) is 29.4. The maximum absolute atomic E-state index is 13.9. The fourth-order valence-electron chi connectivity index (χ4n) is 4.94. The summed E-state index contributed by atoms with van der Waals surface area (Å²) in [5, 5.41) is 0. The summed E-state index contributed by atoms with van der Waals surface area (Å²) in [6, 6.07) is 6.80. The van der Waals surface area contributed by atoms with Gasteiger partial charge < -0.3 is 9.40 Å². The Morgan fingerprint density at radius 2 is 1.43 bits per heavy atom. The van der Waals surface area contributed by atoms with Crippen LogP contribution < -0.4 is 5.76 Å². The molecule has 0 bridgehead atoms. The molecule has 40 heavy (non-hydrogen) atoms. The maximum atomic E-state index is 13.9. The SMILES string of the molecule is Cc1cc(C(F)(F)F)c(C2=Cc3ccccc3C2n2c(C)c(-c3cc(C(F)(F)F)cc(C(F)(F)F)c3)oc2=O)[nH]1. The molecule has 2 aromatic heterocycles. The van der Waals surface area contributed by atoms with E-state index >= 15 is 0 Å². The van der Waals surface area contributed by atoms with E-state index in [9.17, 15) is 44.3 Å². The third-order valence-corrected chi connectivity index (χ3v) is 6.63. The third kappa shape index (κ3) is 4.62. The number of fused-ring (bicyclic) bond motifs is 1. The average Bonchev–Trinajstić information content (AvgIpc) is 3.50. The fourth-order valence-corrected chi connectivity index (χ4v) is 4.94. The molecule has 0 amide bonds. The standard InChI is InChI=1S/C27H17F9N2O2/c1-12-7-20(27(34,35)36)21(37-12)19-10-14-5-3-4-6-18(14)22(19)38-13(2)23(40-24(38)39)15-8-16(25(28,29)30)11-17(9-15)26(31,32)33/h3-11,22,37H,1-2H3. The number of nitrogens with one attached hydrogen (secondary N) is 1. The molecule has 1 N–H and O–H groups in total. The number of rotatable bonds is 3. The van der Waals surface area contributed by atoms with Gasteiger partial charge in [0.1, 0.15) is 0 Å². The molecule has 0 saturated carbocycles. The van der Waals surface area contributed by atoms with Gasteiger partial charge in [-0.25, -0.2) is 4.79 Å². The second-order valence-corrected chi connectivity index (χ2v) is 9.32. The number of hydrogen-bond acceptors (Lipinski definition) is 2. The van der Waals surface area contributed by atoms with Crippen molar-refractivity contribution < 1.29 is 43.9 Å². The first-order valence-corrected chi connectivity index (χ1v) is 11.6. The lowest BCUT2D eigenvalue weighted by atomic mass is 9.98. The number of halogens is 9. The van der Waals surface area contributed by atoms with Crippen molar-refractivity contribution in [2.24, 2.45) is 0 Å². The van der Waals surface area contributed by atoms with Crippen molar-refractivity contribution in [2.45, 2.75) is 38.4 Å². The molecule has 210 valence electrons. The quantitative estimate of drug-likeness (QED) is 0.252. The van der Waals surface area contributed by atoms with Crippen molar-refractivity contribution in [3.8, 4) is 11.3 Å². The highest BCUT2D eigenvalue weighted by Gasteiger charge is 2.41. The van der Waals surface area contributed by atoms with Crippen LogP contribution in [0.3, 0.4) is 0 Å². The minimum absolute atomic E-state index is 0.0131. The second kappa shape index (κ2) is 8.93. The summed E-state index contributed by atoms with van der Waals surface area (Å²) >= 11 is 0. The Morgan fingerprint density at radius 1 is 0.825 bits per heavy atom. The molecule has 0 radical (unpaired) electrons. The summed E-state index contributed by atoms with van der Waals surface area (Å²) in [5.41, 5.74) is -4.37. The van der Waals surface area contributed by atoms with Crippen LogP contribution in [0.25, 0.3) is 23.0 Å². The highest BCUT2D eigenvalue weighted by Crippen LogP contribution is 2.47. The number of H-pyrrole nitrogens is 1. The Balaban J connectivity index is 1.74. The maximum Gasteiger partial charge on any atom is 0.420 e. The van der Waals surface area contributed by atoms with Crippen molar-refractivity contribution in [1.29, 1.82) is 0 Å². The van der Waals surface area contributed by atoms with Crippen LogP contribution in [-0.4, -0.2) is 9.55 Å². The van der Waals surface area contributed by atoms with Gasteiger partial charge in [-0.3, -0.25) is 4.57 Å². The van der Waals surface area contributed by atoms with E-state index in [1.807, 2.05) is 0 Å². The van der Waals surface area contributed by atoms with Crippen LogP contribution in [0.15, 0.2) is 57.7 Å². The molecule has 2 heterocycles. The van der Waals surface area contributed by atoms with Crippen molar-refractivity contribution in [3.05, 3.63) is 104 Å². The highest BCUT2D eigenvalue weighted by molar-refractivity contribution is 5.91. The largest absolute Gasteiger partial charge is 0.420 e. The Kier molecular flexibility index (Phi) is 6.12. The van der Waals surface area contributed by atoms with Crippen molar-refractivity contribution >= 4 is 11.6 Å². The normalized spacial score (nSPS) is 15.9. The molecule has 1 unspecified atom stereocenters. The Labute approximate surface area is 219 Å². The molecule has 5 rings (SSSR count). The van der Waals surface area contributed by atoms with Crippen LogP contribution in [0.2, 0.25) is 0 Å². The van der Waals surface area contributed by atoms with E-state index in [-0.39, 0.29) is 28.7 Å². The predicted molar refractivity (Wildman–Crippen MR) is 126 cm³/mol. The molecule has 0 spiro atoms. The molecule has 4 nitrogen and oxygen atoms in total. The lowest BCUT2D eigenvalue weighted by molar-refractivity contribution is -0.143. The lowest BCUT2D eigenvalue weighted by Crippen LogP contribution is -2.23. The number of hydrogen-bond donors (Lipinski definition) is 1. The van der Waals surface area contributed by atoms with Gasteiger partial charge in [-0.05, 0) is 55.3 Å². The van der Waals surface area contributed by atoms with Gasteiger partial charge in [-0.15, -0.1) is 0 Å². The number of alkyl halides is 9. The first-order chi connectivity index (χ1) is 18.5. The van der Waals surface area contributed by atoms with Gasteiger partial charge >= 0.3 is 24.3 Å². The minimum atomic E-state index is -5.15. The molecule has 0 aliphatic heterocycles. The van der Waals surface area contributed by atoms with E-state index in [1.165, 1.54) is 19.9 Å². The summed E-state index contributed by atoms with van der Waals surface area (Å²) in [6.45, 7) is 2.65. The van der Waals surface area contributed by atoms with E-state index in [1.54, 1.807) is 24.3 Å². The Morgan fingerprint density at radius 3 is 2.00 bits per heavy atom. The van der Waals surface area contributed by atoms with Crippen molar-refractivity contribution in [2.75, 3.05) is 0 Å². The molecular weight excluding hydrogens is 555 g/mol. The number of nitrogens with zero attached hydrogens (tertiary/aromatic N) is 1. The fraction of sp³-hybridized carbons (Fsp3) is 0.222. The van der Waals surface area contributed by atoms with Crippen molar-refractivity contribution in [1.82, 2.24) is 9.55 Å². The van der Waals surface area contributed by atoms with E-state index in [4.69, 9.17) is 4.42 Å². The Bertz CT molecular complexity index is 1680. The van der Waals surface area contributed by atoms with Gasteiger partial charge in [0.2, 0.25) is 0 Å². The molecule has 1 aliphatic carbocycles. The van der Waals surface area contributed by atoms with Crippen LogP contribution in [-0.2, 0) is 18.5 Å². The van der Waals surface area contributed by atoms with E-state index in [0.717, 1.165) is 10.6 Å². The molecule has 0 fully saturated rings. The molecule has 1 atom stereocenters. The van der Waals surface area contributed by atoms with Gasteiger partial charge in [0.05, 0.1) is 34.1 Å². The zero-order valence-corrected chi connectivity index (χ0v) is 20.4. The number of allylic oxidation sites excluding steroid dienone is 1. The van der Waals surface area contributed by atoms with Crippen molar-refractivity contribution in [3.63, 3.8) is 0 Å². The van der Waals surface area contributed by atoms with Crippen LogP contribution in [0.1, 0.15) is 50.9 Å². The lowest BCUT2D eigenvalue weighted by Gasteiger charge is -2.20. The molecule has 2 aromatic carbocycles. The Hall–Kier alpha value is -4.16. The van der Waals surface area contributed by atoms with Crippen LogP contribution in [0, 0.1) is 13.8 Å². The van der Waals surface area contributed by atoms with Gasteiger partial charge in [0, 0.05) is 16.8 Å². The highest BCUT2D eigenvalue weighted by atomic mass is 19.4. The van der Waals surface area contributed by atoms with Gasteiger partial charge in [-0.1, -0.05) is 24.3 Å². The van der Waals surface area contributed by atoms with Crippen LogP contribution in [0.5, 0.6) is 0 Å². The van der Waals surface area contributed by atoms with E-state index in [0.29, 0.717) is 23.3 Å². The third-order valence-electron chi connectivity index (χ3n) is 6.63. The molecule has 4 aromatic rings. The number of aryl methyl sites for hydroxylation is 1. The molecule has 13 heteroatoms. The summed E-state index contributed by atoms with van der Waals surface area (Å²) < 4.78 is 129. The minimum Gasteiger partial charge on any atom is -0.407 e. The number of aromatic nitrogens is 2. The molecular formula is C27H17F9N2O2.